The first-order chi connectivity index (χ1) is 23.7. The third kappa shape index (κ3) is 5.68. The zero-order chi connectivity index (χ0) is 35.6. The van der Waals surface area contributed by atoms with Gasteiger partial charge in [-0.15, -0.1) is 0 Å². The van der Waals surface area contributed by atoms with Crippen LogP contribution in [0, 0.1) is 51.8 Å². The lowest BCUT2D eigenvalue weighted by Gasteiger charge is -2.68. The van der Waals surface area contributed by atoms with Crippen molar-refractivity contribution in [3.63, 3.8) is 0 Å². The second kappa shape index (κ2) is 13.1. The van der Waals surface area contributed by atoms with Crippen molar-refractivity contribution in [2.75, 3.05) is 39.3 Å². The van der Waals surface area contributed by atoms with Gasteiger partial charge in [-0.05, 0) is 153 Å². The van der Waals surface area contributed by atoms with Crippen molar-refractivity contribution < 1.29 is 19.8 Å². The van der Waals surface area contributed by atoms with Crippen molar-refractivity contribution in [1.29, 1.82) is 0 Å². The van der Waals surface area contributed by atoms with E-state index in [9.17, 15) is 19.8 Å². The Morgan fingerprint density at radius 2 is 1.64 bits per heavy atom. The van der Waals surface area contributed by atoms with E-state index >= 15 is 0 Å². The van der Waals surface area contributed by atoms with E-state index in [2.05, 4.69) is 62.4 Å². The Balaban J connectivity index is 1.14. The zero-order valence-electron chi connectivity index (χ0n) is 31.5. The van der Waals surface area contributed by atoms with E-state index in [4.69, 9.17) is 0 Å². The molecule has 274 valence electrons. The third-order valence-electron chi connectivity index (χ3n) is 15.9. The number of aromatic carboxylic acids is 1. The van der Waals surface area contributed by atoms with Crippen molar-refractivity contribution in [2.24, 2.45) is 51.8 Å². The summed E-state index contributed by atoms with van der Waals surface area (Å²) >= 11 is 0. The first-order valence-corrected chi connectivity index (χ1v) is 19.9. The summed E-state index contributed by atoms with van der Waals surface area (Å²) in [5.41, 5.74) is 4.54. The highest BCUT2D eigenvalue weighted by atomic mass is 16.4. The molecule has 4 saturated carbocycles. The molecule has 50 heavy (non-hydrogen) atoms. The van der Waals surface area contributed by atoms with Crippen LogP contribution in [-0.4, -0.2) is 76.9 Å². The summed E-state index contributed by atoms with van der Waals surface area (Å²) in [5, 5.41) is 22.7. The Hall–Kier alpha value is -2.64. The SMILES string of the molecule is C=C(C)[C@@H]1CC[C@]2(NC(=O)N3CCCN(CCO)CC3)CCC3[C@H](CC[C@@H]4[C@@]5(C)CC=C(c6ccc(C(=O)O)cc6)C(C)(C)[C@@H]5CC[C@@]34C)[C@@H]12. The van der Waals surface area contributed by atoms with Gasteiger partial charge in [0.2, 0.25) is 0 Å². The number of nitrogens with zero attached hydrogens (tertiary/aromatic N) is 2. The lowest BCUT2D eigenvalue weighted by atomic mass is 9.36. The fraction of sp³-hybridized carbons (Fsp3) is 0.721. The number of aliphatic hydroxyl groups excluding tert-OH is 1. The summed E-state index contributed by atoms with van der Waals surface area (Å²) in [6.45, 7) is 21.1. The molecule has 2 amide bonds. The average molecular weight is 686 g/mol. The fourth-order valence-electron chi connectivity index (χ4n) is 13.8. The molecule has 7 nitrogen and oxygen atoms in total. The number of carboxylic acid groups (broad SMARTS) is 1. The van der Waals surface area contributed by atoms with Crippen LogP contribution in [0.1, 0.15) is 115 Å². The quantitative estimate of drug-likeness (QED) is 0.263. The summed E-state index contributed by atoms with van der Waals surface area (Å²) in [7, 11) is 0. The number of benzene rings is 1. The minimum Gasteiger partial charge on any atom is -0.478 e. The van der Waals surface area contributed by atoms with Gasteiger partial charge in [-0.2, -0.15) is 0 Å². The van der Waals surface area contributed by atoms with Crippen LogP contribution in [0.15, 0.2) is 42.5 Å². The molecular weight excluding hydrogens is 622 g/mol. The molecule has 7 heteroatoms. The maximum absolute atomic E-state index is 14.1. The van der Waals surface area contributed by atoms with Crippen LogP contribution in [0.4, 0.5) is 4.79 Å². The lowest BCUT2D eigenvalue weighted by molar-refractivity contribution is -0.174. The van der Waals surface area contributed by atoms with Gasteiger partial charge in [0, 0.05) is 31.7 Å². The number of fused-ring (bicyclic) bond motifs is 7. The third-order valence-corrected chi connectivity index (χ3v) is 15.9. The monoisotopic (exact) mass is 685 g/mol. The van der Waals surface area contributed by atoms with Gasteiger partial charge >= 0.3 is 12.0 Å². The molecule has 1 heterocycles. The molecule has 5 fully saturated rings. The van der Waals surface area contributed by atoms with Crippen molar-refractivity contribution in [1.82, 2.24) is 15.1 Å². The number of rotatable bonds is 6. The normalized spacial score (nSPS) is 39.6. The number of hydrogen-bond donors (Lipinski definition) is 3. The largest absolute Gasteiger partial charge is 0.478 e. The Labute approximate surface area is 301 Å². The van der Waals surface area contributed by atoms with Crippen LogP contribution in [0.2, 0.25) is 0 Å². The zero-order valence-corrected chi connectivity index (χ0v) is 31.5. The summed E-state index contributed by atoms with van der Waals surface area (Å²) in [6, 6.07) is 7.68. The maximum atomic E-state index is 14.1. The van der Waals surface area contributed by atoms with Crippen LogP contribution < -0.4 is 5.32 Å². The van der Waals surface area contributed by atoms with Crippen molar-refractivity contribution >= 4 is 17.6 Å². The van der Waals surface area contributed by atoms with Gasteiger partial charge in [-0.25, -0.2) is 9.59 Å². The second-order valence-corrected chi connectivity index (χ2v) is 18.5. The van der Waals surface area contributed by atoms with Crippen LogP contribution in [0.25, 0.3) is 5.57 Å². The molecule has 3 N–H and O–H groups in total. The first-order valence-electron chi connectivity index (χ1n) is 19.9. The summed E-state index contributed by atoms with van der Waals surface area (Å²) < 4.78 is 0. The molecular formula is C43H63N3O4. The number of nitrogens with one attached hydrogen (secondary N) is 1. The Bertz CT molecular complexity index is 1520. The Morgan fingerprint density at radius 3 is 2.34 bits per heavy atom. The standard InChI is InChI=1S/C43H63N3O4/c1-28(2)31-14-20-43(44-39(50)46-23-7-22-45(24-25-46)26-27-47)21-16-34-32(37(31)43)12-13-36-41(34,5)19-17-35-40(3,4)33(15-18-42(35,36)6)29-8-10-30(11-9-29)38(48)49/h8-11,15,31-32,34-37,47H,1,7,12-14,16-27H2,2-6H3,(H,44,50)(H,48,49)/t31-,32-,34?,35-,36-,37+,41-,42-,43-/m0/s1. The highest BCUT2D eigenvalue weighted by molar-refractivity contribution is 5.88. The molecule has 1 saturated heterocycles. The Morgan fingerprint density at radius 1 is 0.900 bits per heavy atom. The van der Waals surface area contributed by atoms with E-state index in [1.807, 2.05) is 12.1 Å². The van der Waals surface area contributed by atoms with E-state index in [0.29, 0.717) is 47.6 Å². The van der Waals surface area contributed by atoms with E-state index in [1.165, 1.54) is 48.8 Å². The maximum Gasteiger partial charge on any atom is 0.335 e. The highest BCUT2D eigenvalue weighted by Gasteiger charge is 2.67. The van der Waals surface area contributed by atoms with Gasteiger partial charge < -0.3 is 20.4 Å². The number of aliphatic hydroxyl groups is 1. The lowest BCUT2D eigenvalue weighted by Crippen LogP contribution is -2.65. The van der Waals surface area contributed by atoms with Crippen LogP contribution in [0.5, 0.6) is 0 Å². The molecule has 1 aliphatic heterocycles. The molecule has 1 aromatic carbocycles. The average Bonchev–Trinajstić information content (AvgIpc) is 3.29. The van der Waals surface area contributed by atoms with Gasteiger partial charge in [0.25, 0.3) is 0 Å². The molecule has 0 radical (unpaired) electrons. The number of β-amino-alcohol motifs (C(OH)–C–C–N with tert-alkyl or cyclic N) is 1. The molecule has 9 atom stereocenters. The van der Waals surface area contributed by atoms with E-state index in [1.54, 1.807) is 12.1 Å². The van der Waals surface area contributed by atoms with Gasteiger partial charge in [-0.3, -0.25) is 4.90 Å². The molecule has 0 bridgehead atoms. The van der Waals surface area contributed by atoms with E-state index in [-0.39, 0.29) is 34.4 Å². The minimum absolute atomic E-state index is 0.000870. The number of allylic oxidation sites excluding steroid dienone is 3. The number of carbonyl (C=O) groups is 2. The van der Waals surface area contributed by atoms with Gasteiger partial charge in [-0.1, -0.05) is 58.1 Å². The van der Waals surface area contributed by atoms with Gasteiger partial charge in [0.1, 0.15) is 0 Å². The second-order valence-electron chi connectivity index (χ2n) is 18.5. The minimum atomic E-state index is -0.874. The molecule has 0 spiro atoms. The number of carbonyl (C=O) groups excluding carboxylic acids is 1. The molecule has 6 aliphatic rings. The van der Waals surface area contributed by atoms with Crippen molar-refractivity contribution in [2.45, 2.75) is 104 Å². The molecule has 1 unspecified atom stereocenters. The number of hydrogen-bond acceptors (Lipinski definition) is 4. The molecule has 5 aliphatic carbocycles. The summed E-state index contributed by atoms with van der Waals surface area (Å²) in [6.07, 6.45) is 14.0. The topological polar surface area (TPSA) is 93.1 Å². The predicted molar refractivity (Wildman–Crippen MR) is 200 cm³/mol. The first kappa shape index (κ1) is 35.7. The van der Waals surface area contributed by atoms with Crippen LogP contribution in [0.3, 0.4) is 0 Å². The fourth-order valence-corrected chi connectivity index (χ4v) is 13.8. The molecule has 7 rings (SSSR count). The number of amides is 2. The van der Waals surface area contributed by atoms with Crippen molar-refractivity contribution in [3.05, 3.63) is 53.6 Å². The predicted octanol–water partition coefficient (Wildman–Crippen LogP) is 8.11. The number of carboxylic acids is 1. The van der Waals surface area contributed by atoms with Gasteiger partial charge in [0.05, 0.1) is 12.2 Å². The Kier molecular flexibility index (Phi) is 9.36. The van der Waals surface area contributed by atoms with E-state index in [0.717, 1.165) is 58.3 Å². The summed E-state index contributed by atoms with van der Waals surface area (Å²) in [4.78, 5) is 30.0. The smallest absolute Gasteiger partial charge is 0.335 e. The molecule has 1 aromatic rings. The van der Waals surface area contributed by atoms with E-state index < -0.39 is 5.97 Å². The van der Waals surface area contributed by atoms with Crippen LogP contribution >= 0.6 is 0 Å². The summed E-state index contributed by atoms with van der Waals surface area (Å²) in [5.74, 6) is 2.54. The van der Waals surface area contributed by atoms with Gasteiger partial charge in [0.15, 0.2) is 0 Å². The highest BCUT2D eigenvalue weighted by Crippen LogP contribution is 2.73. The van der Waals surface area contributed by atoms with Crippen LogP contribution in [-0.2, 0) is 0 Å². The number of urea groups is 1. The van der Waals surface area contributed by atoms with Crippen molar-refractivity contribution in [3.8, 4) is 0 Å². The molecule has 0 aromatic heterocycles.